The van der Waals surface area contributed by atoms with Gasteiger partial charge in [-0.3, -0.25) is 4.79 Å². The number of likely N-dealkylation sites (N-methyl/N-ethyl adjacent to an activating group) is 1. The lowest BCUT2D eigenvalue weighted by Crippen LogP contribution is -2.51. The van der Waals surface area contributed by atoms with Crippen molar-refractivity contribution in [3.8, 4) is 0 Å². The van der Waals surface area contributed by atoms with Gasteiger partial charge in [0, 0.05) is 51.6 Å². The molecule has 2 fully saturated rings. The summed E-state index contributed by atoms with van der Waals surface area (Å²) in [7, 11) is 1.80. The second-order valence-electron chi connectivity index (χ2n) is 7.23. The number of nitrogens with zero attached hydrogens (tertiary/aromatic N) is 1. The van der Waals surface area contributed by atoms with Crippen molar-refractivity contribution in [2.24, 2.45) is 23.5 Å². The lowest BCUT2D eigenvalue weighted by atomic mass is 9.72. The van der Waals surface area contributed by atoms with Crippen molar-refractivity contribution < 1.29 is 14.6 Å². The maximum atomic E-state index is 12.7. The molecule has 0 aromatic heterocycles. The summed E-state index contributed by atoms with van der Waals surface area (Å²) in [6.07, 6.45) is 2.96. The molecule has 5 nitrogen and oxygen atoms in total. The van der Waals surface area contributed by atoms with E-state index < -0.39 is 5.60 Å². The van der Waals surface area contributed by atoms with Crippen LogP contribution in [0.1, 0.15) is 39.5 Å². The Morgan fingerprint density at radius 1 is 1.29 bits per heavy atom. The topological polar surface area (TPSA) is 75.8 Å². The fraction of sp³-hybridized carbons (Fsp3) is 0.938. The van der Waals surface area contributed by atoms with E-state index in [1.807, 2.05) is 0 Å². The van der Waals surface area contributed by atoms with E-state index in [0.29, 0.717) is 44.4 Å². The standard InChI is InChI=1S/C16H30N2O3/c1-11-8-12(2)14(17)9-13(11)15(19)18(3)10-16(20)4-6-21-7-5-16/h11-14,20H,4-10,17H2,1-3H3. The minimum atomic E-state index is -0.796. The first kappa shape index (κ1) is 16.7. The number of amides is 1. The van der Waals surface area contributed by atoms with Crippen LogP contribution in [0, 0.1) is 17.8 Å². The van der Waals surface area contributed by atoms with E-state index in [4.69, 9.17) is 10.5 Å². The molecule has 21 heavy (non-hydrogen) atoms. The van der Waals surface area contributed by atoms with Gasteiger partial charge in [-0.2, -0.15) is 0 Å². The van der Waals surface area contributed by atoms with Gasteiger partial charge in [-0.1, -0.05) is 13.8 Å². The van der Waals surface area contributed by atoms with Crippen LogP contribution in [0.2, 0.25) is 0 Å². The van der Waals surface area contributed by atoms with Gasteiger partial charge in [0.2, 0.25) is 5.91 Å². The zero-order valence-corrected chi connectivity index (χ0v) is 13.5. The summed E-state index contributed by atoms with van der Waals surface area (Å²) in [6, 6.07) is 0.106. The van der Waals surface area contributed by atoms with Crippen molar-refractivity contribution in [3.05, 3.63) is 0 Å². The zero-order valence-electron chi connectivity index (χ0n) is 13.5. The Labute approximate surface area is 127 Å². The normalized spacial score (nSPS) is 36.2. The third-order valence-electron chi connectivity index (χ3n) is 5.34. The Morgan fingerprint density at radius 3 is 2.52 bits per heavy atom. The average Bonchev–Trinajstić information content (AvgIpc) is 2.42. The Bertz CT molecular complexity index is 369. The molecule has 1 aliphatic carbocycles. The third kappa shape index (κ3) is 3.96. The van der Waals surface area contributed by atoms with Crippen molar-refractivity contribution in [2.45, 2.75) is 51.2 Å². The Morgan fingerprint density at radius 2 is 1.90 bits per heavy atom. The average molecular weight is 298 g/mol. The first-order valence-corrected chi connectivity index (χ1v) is 8.13. The van der Waals surface area contributed by atoms with Crippen LogP contribution in [-0.4, -0.2) is 54.4 Å². The predicted octanol–water partition coefficient (Wildman–Crippen LogP) is 0.996. The predicted molar refractivity (Wildman–Crippen MR) is 81.7 cm³/mol. The van der Waals surface area contributed by atoms with Gasteiger partial charge in [-0.25, -0.2) is 0 Å². The van der Waals surface area contributed by atoms with Crippen molar-refractivity contribution in [3.63, 3.8) is 0 Å². The quantitative estimate of drug-likeness (QED) is 0.815. The van der Waals surface area contributed by atoms with E-state index >= 15 is 0 Å². The van der Waals surface area contributed by atoms with Gasteiger partial charge in [-0.05, 0) is 24.7 Å². The number of ether oxygens (including phenoxy) is 1. The van der Waals surface area contributed by atoms with Crippen LogP contribution in [0.5, 0.6) is 0 Å². The summed E-state index contributed by atoms with van der Waals surface area (Å²) in [5, 5.41) is 10.6. The zero-order chi connectivity index (χ0) is 15.6. The molecule has 1 aliphatic heterocycles. The van der Waals surface area contributed by atoms with Crippen LogP contribution in [0.15, 0.2) is 0 Å². The summed E-state index contributed by atoms with van der Waals surface area (Å²) in [6.45, 7) is 5.84. The van der Waals surface area contributed by atoms with Crippen LogP contribution in [0.3, 0.4) is 0 Å². The largest absolute Gasteiger partial charge is 0.388 e. The molecule has 122 valence electrons. The van der Waals surface area contributed by atoms with Gasteiger partial charge < -0.3 is 20.5 Å². The first-order valence-electron chi connectivity index (χ1n) is 8.13. The highest BCUT2D eigenvalue weighted by molar-refractivity contribution is 5.79. The molecule has 0 radical (unpaired) electrons. The number of carbonyl (C=O) groups is 1. The summed E-state index contributed by atoms with van der Waals surface area (Å²) >= 11 is 0. The van der Waals surface area contributed by atoms with Gasteiger partial charge in [0.05, 0.1) is 5.60 Å². The number of carbonyl (C=O) groups excluding carboxylic acids is 1. The van der Waals surface area contributed by atoms with Crippen LogP contribution >= 0.6 is 0 Å². The molecule has 0 bridgehead atoms. The number of hydrogen-bond acceptors (Lipinski definition) is 4. The minimum Gasteiger partial charge on any atom is -0.388 e. The third-order valence-corrected chi connectivity index (χ3v) is 5.34. The van der Waals surface area contributed by atoms with Crippen molar-refractivity contribution in [1.29, 1.82) is 0 Å². The molecule has 5 heteroatoms. The molecule has 0 aromatic carbocycles. The summed E-state index contributed by atoms with van der Waals surface area (Å²) in [4.78, 5) is 14.4. The molecule has 1 amide bonds. The molecule has 4 atom stereocenters. The molecule has 1 saturated heterocycles. The SMILES string of the molecule is CC1CC(C)C(C(=O)N(C)CC2(O)CCOCC2)CC1N. The smallest absolute Gasteiger partial charge is 0.225 e. The maximum absolute atomic E-state index is 12.7. The summed E-state index contributed by atoms with van der Waals surface area (Å²) in [5.74, 6) is 0.961. The Hall–Kier alpha value is -0.650. The second kappa shape index (κ2) is 6.63. The molecule has 1 saturated carbocycles. The number of nitrogens with two attached hydrogens (primary N) is 1. The molecular weight excluding hydrogens is 268 g/mol. The summed E-state index contributed by atoms with van der Waals surface area (Å²) < 4.78 is 5.29. The number of aliphatic hydroxyl groups is 1. The van der Waals surface area contributed by atoms with Crippen LogP contribution < -0.4 is 5.73 Å². The molecule has 1 heterocycles. The Kier molecular flexibility index (Phi) is 5.28. The first-order chi connectivity index (χ1) is 9.82. The van der Waals surface area contributed by atoms with Crippen molar-refractivity contribution in [1.82, 2.24) is 4.90 Å². The highest BCUT2D eigenvalue weighted by atomic mass is 16.5. The van der Waals surface area contributed by atoms with E-state index in [-0.39, 0.29) is 17.9 Å². The monoisotopic (exact) mass is 298 g/mol. The van der Waals surface area contributed by atoms with E-state index in [1.165, 1.54) is 0 Å². The highest BCUT2D eigenvalue weighted by Gasteiger charge is 2.38. The van der Waals surface area contributed by atoms with Gasteiger partial charge >= 0.3 is 0 Å². The number of rotatable bonds is 3. The summed E-state index contributed by atoms with van der Waals surface area (Å²) in [5.41, 5.74) is 5.35. The van der Waals surface area contributed by atoms with Gasteiger partial charge in [0.15, 0.2) is 0 Å². The second-order valence-corrected chi connectivity index (χ2v) is 7.23. The van der Waals surface area contributed by atoms with Crippen molar-refractivity contribution >= 4 is 5.91 Å². The molecule has 0 aromatic rings. The van der Waals surface area contributed by atoms with E-state index in [1.54, 1.807) is 11.9 Å². The van der Waals surface area contributed by atoms with E-state index in [0.717, 1.165) is 12.8 Å². The number of hydrogen-bond donors (Lipinski definition) is 2. The molecule has 2 rings (SSSR count). The van der Waals surface area contributed by atoms with Crippen LogP contribution in [0.25, 0.3) is 0 Å². The Balaban J connectivity index is 1.95. The van der Waals surface area contributed by atoms with Crippen molar-refractivity contribution in [2.75, 3.05) is 26.8 Å². The maximum Gasteiger partial charge on any atom is 0.225 e. The molecular formula is C16H30N2O3. The molecule has 0 spiro atoms. The lowest BCUT2D eigenvalue weighted by Gasteiger charge is -2.40. The van der Waals surface area contributed by atoms with Crippen LogP contribution in [-0.2, 0) is 9.53 Å². The fourth-order valence-electron chi connectivity index (χ4n) is 3.74. The van der Waals surface area contributed by atoms with Crippen LogP contribution in [0.4, 0.5) is 0 Å². The van der Waals surface area contributed by atoms with E-state index in [9.17, 15) is 9.90 Å². The molecule has 4 unspecified atom stereocenters. The van der Waals surface area contributed by atoms with E-state index in [2.05, 4.69) is 13.8 Å². The highest BCUT2D eigenvalue weighted by Crippen LogP contribution is 2.34. The van der Waals surface area contributed by atoms with Gasteiger partial charge in [0.25, 0.3) is 0 Å². The van der Waals surface area contributed by atoms with Gasteiger partial charge in [0.1, 0.15) is 0 Å². The van der Waals surface area contributed by atoms with Gasteiger partial charge in [-0.15, -0.1) is 0 Å². The molecule has 3 N–H and O–H groups in total. The lowest BCUT2D eigenvalue weighted by molar-refractivity contribution is -0.144. The molecule has 2 aliphatic rings. The fourth-order valence-corrected chi connectivity index (χ4v) is 3.74. The minimum absolute atomic E-state index is 0.00959.